The van der Waals surface area contributed by atoms with Crippen molar-refractivity contribution in [3.05, 3.63) is 0 Å². The molecule has 0 heterocycles. The summed E-state index contributed by atoms with van der Waals surface area (Å²) < 4.78 is 9.70. The van der Waals surface area contributed by atoms with E-state index in [1.807, 2.05) is 0 Å². The van der Waals surface area contributed by atoms with Crippen LogP contribution in [0.2, 0.25) is 0 Å². The molecule has 0 amide bonds. The largest absolute Gasteiger partial charge is 0.469 e. The number of carbonyl (C=O) groups excluding carboxylic acids is 2. The van der Waals surface area contributed by atoms with E-state index in [2.05, 4.69) is 0 Å². The Balaban J connectivity index is 1.96. The van der Waals surface area contributed by atoms with Crippen LogP contribution in [-0.4, -0.2) is 25.7 Å². The minimum Gasteiger partial charge on any atom is -0.469 e. The fourth-order valence-electron chi connectivity index (χ4n) is 2.90. The van der Waals surface area contributed by atoms with Crippen LogP contribution in [0, 0.1) is 17.8 Å². The second-order valence-corrected chi connectivity index (χ2v) is 4.13. The first-order valence-corrected chi connectivity index (χ1v) is 4.93. The molecule has 0 saturated heterocycles. The van der Waals surface area contributed by atoms with E-state index in [-0.39, 0.29) is 18.0 Å². The molecule has 0 aromatic carbocycles. The molecule has 0 aromatic heterocycles. The quantitative estimate of drug-likeness (QED) is 0.496. The summed E-state index contributed by atoms with van der Waals surface area (Å²) in [6.07, 6.45) is 2.68. The lowest BCUT2D eigenvalue weighted by Crippen LogP contribution is -2.29. The van der Waals surface area contributed by atoms with Gasteiger partial charge in [0.2, 0.25) is 0 Å². The maximum absolute atomic E-state index is 11.3. The minimum absolute atomic E-state index is 0.0384. The van der Waals surface area contributed by atoms with Gasteiger partial charge in [0.1, 0.15) is 6.10 Å². The molecule has 4 unspecified atom stereocenters. The second-order valence-electron chi connectivity index (χ2n) is 4.13. The molecular formula is C10H14O4. The molecule has 0 aliphatic heterocycles. The number of fused-ring (bicyclic) bond motifs is 2. The number of methoxy groups -OCH3 is 1. The predicted molar refractivity (Wildman–Crippen MR) is 47.3 cm³/mol. The number of carbonyl (C=O) groups is 2. The molecule has 0 aromatic rings. The highest BCUT2D eigenvalue weighted by Crippen LogP contribution is 2.49. The molecule has 2 aliphatic carbocycles. The van der Waals surface area contributed by atoms with Gasteiger partial charge in [-0.1, -0.05) is 0 Å². The molecule has 4 nitrogen and oxygen atoms in total. The maximum atomic E-state index is 11.3. The Labute approximate surface area is 82.6 Å². The second kappa shape index (κ2) is 3.59. The van der Waals surface area contributed by atoms with Gasteiger partial charge in [0.15, 0.2) is 0 Å². The smallest absolute Gasteiger partial charge is 0.308 e. The standard InChI is InChI=1S/C10H14O4/c1-13-10(12)8-3-7-2-6(8)4-9(7)14-5-11/h5-9H,2-4H2,1H3. The third-order valence-electron chi connectivity index (χ3n) is 3.53. The van der Waals surface area contributed by atoms with Crippen molar-refractivity contribution in [2.24, 2.45) is 17.8 Å². The molecule has 4 atom stereocenters. The fraction of sp³-hybridized carbons (Fsp3) is 0.800. The van der Waals surface area contributed by atoms with Crippen LogP contribution in [0.5, 0.6) is 0 Å². The Hall–Kier alpha value is -1.06. The van der Waals surface area contributed by atoms with Gasteiger partial charge in [-0.3, -0.25) is 9.59 Å². The molecule has 2 fully saturated rings. The molecule has 78 valence electrons. The Kier molecular flexibility index (Phi) is 2.44. The van der Waals surface area contributed by atoms with Crippen LogP contribution >= 0.6 is 0 Å². The van der Waals surface area contributed by atoms with Gasteiger partial charge in [-0.15, -0.1) is 0 Å². The summed E-state index contributed by atoms with van der Waals surface area (Å²) in [5, 5.41) is 0. The summed E-state index contributed by atoms with van der Waals surface area (Å²) in [5.41, 5.74) is 0. The Morgan fingerprint density at radius 2 is 2.07 bits per heavy atom. The molecule has 14 heavy (non-hydrogen) atoms. The van der Waals surface area contributed by atoms with Crippen molar-refractivity contribution < 1.29 is 19.1 Å². The average molecular weight is 198 g/mol. The Bertz CT molecular complexity index is 251. The van der Waals surface area contributed by atoms with E-state index >= 15 is 0 Å². The molecular weight excluding hydrogens is 184 g/mol. The molecule has 0 radical (unpaired) electrons. The zero-order valence-electron chi connectivity index (χ0n) is 8.14. The number of esters is 1. The first-order chi connectivity index (χ1) is 6.76. The summed E-state index contributed by atoms with van der Waals surface area (Å²) in [5.74, 6) is 0.658. The topological polar surface area (TPSA) is 52.6 Å². The van der Waals surface area contributed by atoms with Crippen LogP contribution in [0.15, 0.2) is 0 Å². The number of ether oxygens (including phenoxy) is 2. The van der Waals surface area contributed by atoms with Crippen molar-refractivity contribution in [1.29, 1.82) is 0 Å². The lowest BCUT2D eigenvalue weighted by Gasteiger charge is -2.24. The average Bonchev–Trinajstić information content (AvgIpc) is 2.76. The van der Waals surface area contributed by atoms with E-state index in [0.29, 0.717) is 18.3 Å². The van der Waals surface area contributed by atoms with Gasteiger partial charge in [-0.05, 0) is 31.1 Å². The van der Waals surface area contributed by atoms with E-state index in [1.54, 1.807) is 0 Å². The van der Waals surface area contributed by atoms with Gasteiger partial charge in [0, 0.05) is 0 Å². The highest BCUT2D eigenvalue weighted by Gasteiger charge is 2.50. The summed E-state index contributed by atoms with van der Waals surface area (Å²) in [6.45, 7) is 0.512. The van der Waals surface area contributed by atoms with Crippen LogP contribution in [0.25, 0.3) is 0 Å². The first-order valence-electron chi connectivity index (χ1n) is 4.93. The van der Waals surface area contributed by atoms with Gasteiger partial charge in [-0.2, -0.15) is 0 Å². The van der Waals surface area contributed by atoms with Crippen molar-refractivity contribution in [3.63, 3.8) is 0 Å². The zero-order chi connectivity index (χ0) is 10.1. The number of rotatable bonds is 3. The summed E-state index contributed by atoms with van der Waals surface area (Å²) in [6, 6.07) is 0. The van der Waals surface area contributed by atoms with E-state index in [1.165, 1.54) is 7.11 Å². The van der Waals surface area contributed by atoms with Gasteiger partial charge in [0.25, 0.3) is 6.47 Å². The third kappa shape index (κ3) is 1.38. The van der Waals surface area contributed by atoms with Crippen LogP contribution in [0.1, 0.15) is 19.3 Å². The highest BCUT2D eigenvalue weighted by molar-refractivity contribution is 5.73. The van der Waals surface area contributed by atoms with Crippen molar-refractivity contribution in [2.45, 2.75) is 25.4 Å². The normalized spacial score (nSPS) is 39.5. The third-order valence-corrected chi connectivity index (χ3v) is 3.53. The van der Waals surface area contributed by atoms with Crippen molar-refractivity contribution in [3.8, 4) is 0 Å². The number of hydrogen-bond donors (Lipinski definition) is 0. The minimum atomic E-state index is -0.109. The van der Waals surface area contributed by atoms with Crippen molar-refractivity contribution in [1.82, 2.24) is 0 Å². The Morgan fingerprint density at radius 1 is 1.29 bits per heavy atom. The lowest BCUT2D eigenvalue weighted by atomic mass is 9.87. The zero-order valence-corrected chi connectivity index (χ0v) is 8.14. The first kappa shape index (κ1) is 9.49. The molecule has 2 bridgehead atoms. The van der Waals surface area contributed by atoms with Crippen LogP contribution in [0.3, 0.4) is 0 Å². The van der Waals surface area contributed by atoms with E-state index in [4.69, 9.17) is 9.47 Å². The lowest BCUT2D eigenvalue weighted by molar-refractivity contribution is -0.148. The van der Waals surface area contributed by atoms with Crippen molar-refractivity contribution >= 4 is 12.4 Å². The van der Waals surface area contributed by atoms with Gasteiger partial charge in [-0.25, -0.2) is 0 Å². The van der Waals surface area contributed by atoms with E-state index < -0.39 is 0 Å². The molecule has 0 spiro atoms. The van der Waals surface area contributed by atoms with Gasteiger partial charge >= 0.3 is 5.97 Å². The maximum Gasteiger partial charge on any atom is 0.308 e. The highest BCUT2D eigenvalue weighted by atomic mass is 16.5. The van der Waals surface area contributed by atoms with E-state index in [9.17, 15) is 9.59 Å². The summed E-state index contributed by atoms with van der Waals surface area (Å²) in [4.78, 5) is 21.5. The molecule has 2 rings (SSSR count). The van der Waals surface area contributed by atoms with E-state index in [0.717, 1.165) is 19.3 Å². The molecule has 4 heteroatoms. The van der Waals surface area contributed by atoms with Gasteiger partial charge in [0.05, 0.1) is 13.0 Å². The van der Waals surface area contributed by atoms with Crippen LogP contribution in [-0.2, 0) is 19.1 Å². The summed E-state index contributed by atoms with van der Waals surface area (Å²) >= 11 is 0. The fourth-order valence-corrected chi connectivity index (χ4v) is 2.90. The van der Waals surface area contributed by atoms with Gasteiger partial charge < -0.3 is 9.47 Å². The van der Waals surface area contributed by atoms with Crippen molar-refractivity contribution in [2.75, 3.05) is 7.11 Å². The molecule has 2 saturated carbocycles. The van der Waals surface area contributed by atoms with Crippen LogP contribution in [0.4, 0.5) is 0 Å². The Morgan fingerprint density at radius 3 is 2.57 bits per heavy atom. The number of hydrogen-bond acceptors (Lipinski definition) is 4. The van der Waals surface area contributed by atoms with Crippen LogP contribution < -0.4 is 0 Å². The molecule has 2 aliphatic rings. The predicted octanol–water partition coefficient (Wildman–Crippen LogP) is 0.747. The molecule has 0 N–H and O–H groups in total. The monoisotopic (exact) mass is 198 g/mol. The summed E-state index contributed by atoms with van der Waals surface area (Å²) in [7, 11) is 1.42. The SMILES string of the molecule is COC(=O)C1CC2CC1CC2OC=O.